The topological polar surface area (TPSA) is 69.7 Å². The molecule has 0 spiro atoms. The zero-order valence-corrected chi connectivity index (χ0v) is 11.5. The SMILES string of the molecule is CN(C)C(=O)C1CCN(C(=O)C2CNC(=O)C2)CC1. The van der Waals surface area contributed by atoms with Crippen LogP contribution in [0.2, 0.25) is 0 Å². The minimum Gasteiger partial charge on any atom is -0.355 e. The second kappa shape index (κ2) is 5.59. The normalized spacial score (nSPS) is 24.2. The lowest BCUT2D eigenvalue weighted by Gasteiger charge is -2.33. The van der Waals surface area contributed by atoms with E-state index in [4.69, 9.17) is 0 Å². The largest absolute Gasteiger partial charge is 0.355 e. The van der Waals surface area contributed by atoms with Crippen molar-refractivity contribution in [3.8, 4) is 0 Å². The Balaban J connectivity index is 1.84. The number of hydrogen-bond acceptors (Lipinski definition) is 3. The molecule has 1 atom stereocenters. The Bertz CT molecular complexity index is 387. The third-order valence-electron chi connectivity index (χ3n) is 3.92. The van der Waals surface area contributed by atoms with Gasteiger partial charge in [-0.3, -0.25) is 14.4 Å². The van der Waals surface area contributed by atoms with Crippen molar-refractivity contribution in [2.45, 2.75) is 19.3 Å². The number of amides is 3. The maximum absolute atomic E-state index is 12.2. The molecule has 0 aromatic heterocycles. The summed E-state index contributed by atoms with van der Waals surface area (Å²) >= 11 is 0. The maximum atomic E-state index is 12.2. The summed E-state index contributed by atoms with van der Waals surface area (Å²) in [7, 11) is 3.52. The van der Waals surface area contributed by atoms with E-state index in [1.54, 1.807) is 23.9 Å². The summed E-state index contributed by atoms with van der Waals surface area (Å²) in [6, 6.07) is 0. The first-order chi connectivity index (χ1) is 8.99. The van der Waals surface area contributed by atoms with Crippen molar-refractivity contribution in [2.75, 3.05) is 33.7 Å². The van der Waals surface area contributed by atoms with E-state index in [0.29, 0.717) is 26.1 Å². The predicted molar refractivity (Wildman–Crippen MR) is 69.1 cm³/mol. The third-order valence-corrected chi connectivity index (χ3v) is 3.92. The van der Waals surface area contributed by atoms with Gasteiger partial charge in [-0.15, -0.1) is 0 Å². The van der Waals surface area contributed by atoms with E-state index in [2.05, 4.69) is 5.32 Å². The van der Waals surface area contributed by atoms with E-state index in [0.717, 1.165) is 12.8 Å². The maximum Gasteiger partial charge on any atom is 0.227 e. The number of nitrogens with one attached hydrogen (secondary N) is 1. The molecule has 2 rings (SSSR count). The van der Waals surface area contributed by atoms with Gasteiger partial charge in [-0.1, -0.05) is 0 Å². The van der Waals surface area contributed by atoms with Gasteiger partial charge in [-0.05, 0) is 12.8 Å². The average molecular weight is 267 g/mol. The van der Waals surface area contributed by atoms with Crippen LogP contribution in [0, 0.1) is 11.8 Å². The molecule has 2 heterocycles. The van der Waals surface area contributed by atoms with Crippen molar-refractivity contribution >= 4 is 17.7 Å². The van der Waals surface area contributed by atoms with Gasteiger partial charge >= 0.3 is 0 Å². The monoisotopic (exact) mass is 267 g/mol. The second-order valence-corrected chi connectivity index (χ2v) is 5.54. The summed E-state index contributed by atoms with van der Waals surface area (Å²) in [6.07, 6.45) is 1.74. The van der Waals surface area contributed by atoms with Crippen LogP contribution in [-0.4, -0.2) is 61.3 Å². The van der Waals surface area contributed by atoms with Crippen LogP contribution in [0.1, 0.15) is 19.3 Å². The van der Waals surface area contributed by atoms with E-state index in [1.807, 2.05) is 0 Å². The standard InChI is InChI=1S/C13H21N3O3/c1-15(2)12(18)9-3-5-16(6-4-9)13(19)10-7-11(17)14-8-10/h9-10H,3-8H2,1-2H3,(H,14,17). The molecule has 1 N–H and O–H groups in total. The van der Waals surface area contributed by atoms with Gasteiger partial charge in [0.05, 0.1) is 5.92 Å². The van der Waals surface area contributed by atoms with Crippen LogP contribution in [0.5, 0.6) is 0 Å². The molecule has 1 unspecified atom stereocenters. The first-order valence-electron chi connectivity index (χ1n) is 6.75. The van der Waals surface area contributed by atoms with Crippen molar-refractivity contribution in [1.29, 1.82) is 0 Å². The van der Waals surface area contributed by atoms with Crippen LogP contribution >= 0.6 is 0 Å². The Morgan fingerprint density at radius 1 is 1.21 bits per heavy atom. The van der Waals surface area contributed by atoms with Crippen molar-refractivity contribution in [3.05, 3.63) is 0 Å². The Morgan fingerprint density at radius 3 is 2.32 bits per heavy atom. The van der Waals surface area contributed by atoms with Crippen molar-refractivity contribution in [2.24, 2.45) is 11.8 Å². The van der Waals surface area contributed by atoms with Gasteiger partial charge in [-0.25, -0.2) is 0 Å². The zero-order valence-electron chi connectivity index (χ0n) is 11.5. The molecule has 19 heavy (non-hydrogen) atoms. The second-order valence-electron chi connectivity index (χ2n) is 5.54. The average Bonchev–Trinajstić information content (AvgIpc) is 2.84. The molecule has 0 saturated carbocycles. The molecular weight excluding hydrogens is 246 g/mol. The molecule has 3 amide bonds. The van der Waals surface area contributed by atoms with E-state index >= 15 is 0 Å². The molecule has 2 aliphatic heterocycles. The van der Waals surface area contributed by atoms with Gasteiger partial charge in [-0.2, -0.15) is 0 Å². The number of carbonyl (C=O) groups excluding carboxylic acids is 3. The molecule has 0 aliphatic carbocycles. The zero-order chi connectivity index (χ0) is 14.0. The van der Waals surface area contributed by atoms with E-state index < -0.39 is 0 Å². The molecule has 0 aromatic carbocycles. The van der Waals surface area contributed by atoms with Crippen molar-refractivity contribution in [1.82, 2.24) is 15.1 Å². The molecule has 2 aliphatic rings. The lowest BCUT2D eigenvalue weighted by molar-refractivity contribution is -0.141. The number of rotatable bonds is 2. The van der Waals surface area contributed by atoms with Crippen LogP contribution in [0.4, 0.5) is 0 Å². The van der Waals surface area contributed by atoms with E-state index in [9.17, 15) is 14.4 Å². The number of piperidine rings is 1. The highest BCUT2D eigenvalue weighted by atomic mass is 16.2. The van der Waals surface area contributed by atoms with Crippen molar-refractivity contribution < 1.29 is 14.4 Å². The molecule has 2 saturated heterocycles. The Morgan fingerprint density at radius 2 is 1.84 bits per heavy atom. The summed E-state index contributed by atoms with van der Waals surface area (Å²) < 4.78 is 0. The van der Waals surface area contributed by atoms with Gasteiger partial charge in [0.15, 0.2) is 0 Å². The van der Waals surface area contributed by atoms with Crippen LogP contribution in [0.15, 0.2) is 0 Å². The third kappa shape index (κ3) is 3.05. The Kier molecular flexibility index (Phi) is 4.07. The van der Waals surface area contributed by atoms with Crippen LogP contribution < -0.4 is 5.32 Å². The fourth-order valence-electron chi connectivity index (χ4n) is 2.75. The summed E-state index contributed by atoms with van der Waals surface area (Å²) in [5.41, 5.74) is 0. The van der Waals surface area contributed by atoms with Gasteiger partial charge in [0.2, 0.25) is 17.7 Å². The van der Waals surface area contributed by atoms with Crippen molar-refractivity contribution in [3.63, 3.8) is 0 Å². The smallest absolute Gasteiger partial charge is 0.227 e. The molecule has 0 radical (unpaired) electrons. The molecule has 0 bridgehead atoms. The van der Waals surface area contributed by atoms with Gasteiger partial charge in [0, 0.05) is 46.1 Å². The van der Waals surface area contributed by atoms with Gasteiger partial charge < -0.3 is 15.1 Å². The highest BCUT2D eigenvalue weighted by Crippen LogP contribution is 2.22. The molecule has 6 heteroatoms. The molecule has 106 valence electrons. The van der Waals surface area contributed by atoms with E-state index in [-0.39, 0.29) is 29.6 Å². The van der Waals surface area contributed by atoms with Crippen LogP contribution in [0.25, 0.3) is 0 Å². The van der Waals surface area contributed by atoms with Gasteiger partial charge in [0.1, 0.15) is 0 Å². The highest BCUT2D eigenvalue weighted by Gasteiger charge is 2.34. The number of hydrogen-bond donors (Lipinski definition) is 1. The van der Waals surface area contributed by atoms with Crippen LogP contribution in [0.3, 0.4) is 0 Å². The number of carbonyl (C=O) groups is 3. The fraction of sp³-hybridized carbons (Fsp3) is 0.769. The first kappa shape index (κ1) is 13.8. The van der Waals surface area contributed by atoms with Crippen LogP contribution in [-0.2, 0) is 14.4 Å². The number of likely N-dealkylation sites (tertiary alicyclic amines) is 1. The molecule has 2 fully saturated rings. The minimum absolute atomic E-state index is 0.0300. The molecule has 0 aromatic rings. The Hall–Kier alpha value is -1.59. The lowest BCUT2D eigenvalue weighted by atomic mass is 9.94. The summed E-state index contributed by atoms with van der Waals surface area (Å²) in [5.74, 6) is -0.0362. The highest BCUT2D eigenvalue weighted by molar-refractivity contribution is 5.89. The predicted octanol–water partition coefficient (Wildman–Crippen LogP) is -0.551. The Labute approximate surface area is 113 Å². The summed E-state index contributed by atoms with van der Waals surface area (Å²) in [5, 5.41) is 2.68. The van der Waals surface area contributed by atoms with E-state index in [1.165, 1.54) is 0 Å². The fourth-order valence-corrected chi connectivity index (χ4v) is 2.75. The lowest BCUT2D eigenvalue weighted by Crippen LogP contribution is -2.45. The molecule has 6 nitrogen and oxygen atoms in total. The summed E-state index contributed by atoms with van der Waals surface area (Å²) in [4.78, 5) is 38.6. The quantitative estimate of drug-likeness (QED) is 0.730. The minimum atomic E-state index is -0.214. The summed E-state index contributed by atoms with van der Waals surface area (Å²) in [6.45, 7) is 1.69. The molecular formula is C13H21N3O3. The van der Waals surface area contributed by atoms with Gasteiger partial charge in [0.25, 0.3) is 0 Å². The first-order valence-corrected chi connectivity index (χ1v) is 6.75. The number of nitrogens with zero attached hydrogens (tertiary/aromatic N) is 2.